The molecule has 0 saturated heterocycles. The van der Waals surface area contributed by atoms with Crippen molar-refractivity contribution in [3.8, 4) is 11.8 Å². The van der Waals surface area contributed by atoms with Crippen molar-refractivity contribution in [2.24, 2.45) is 5.92 Å². The summed E-state index contributed by atoms with van der Waals surface area (Å²) in [5.41, 5.74) is 2.79. The summed E-state index contributed by atoms with van der Waals surface area (Å²) in [5.74, 6) is 1.11. The summed E-state index contributed by atoms with van der Waals surface area (Å²) in [4.78, 5) is 30.7. The van der Waals surface area contributed by atoms with Gasteiger partial charge in [0.05, 0.1) is 25.6 Å². The van der Waals surface area contributed by atoms with E-state index < -0.39 is 6.09 Å². The Bertz CT molecular complexity index is 1230. The SMILES string of the molecule is COc1cccc(CCC(=O)Cc2sc3c(c2C#N)CCC(COC(=O)NCCn2ccnc2)C3)c1. The van der Waals surface area contributed by atoms with Crippen LogP contribution >= 0.6 is 11.3 Å². The number of carbonyl (C=O) groups is 2. The molecule has 36 heavy (non-hydrogen) atoms. The van der Waals surface area contributed by atoms with Crippen molar-refractivity contribution in [3.63, 3.8) is 0 Å². The van der Waals surface area contributed by atoms with Gasteiger partial charge < -0.3 is 19.4 Å². The minimum absolute atomic E-state index is 0.125. The zero-order valence-electron chi connectivity index (χ0n) is 20.4. The molecule has 1 aliphatic rings. The molecular formula is C27H30N4O4S. The van der Waals surface area contributed by atoms with Crippen LogP contribution in [-0.4, -0.2) is 41.7 Å². The molecule has 188 valence electrons. The highest BCUT2D eigenvalue weighted by atomic mass is 32.1. The van der Waals surface area contributed by atoms with Gasteiger partial charge in [-0.15, -0.1) is 11.3 Å². The van der Waals surface area contributed by atoms with E-state index in [1.165, 1.54) is 0 Å². The number of aryl methyl sites for hydroxylation is 1. The number of carbonyl (C=O) groups excluding carboxylic acids is 2. The molecule has 1 amide bonds. The lowest BCUT2D eigenvalue weighted by Gasteiger charge is -2.22. The normalized spacial score (nSPS) is 14.5. The van der Waals surface area contributed by atoms with Gasteiger partial charge in [-0.1, -0.05) is 12.1 Å². The highest BCUT2D eigenvalue weighted by Crippen LogP contribution is 2.36. The molecule has 3 aromatic rings. The van der Waals surface area contributed by atoms with Crippen LogP contribution in [0.25, 0.3) is 0 Å². The molecule has 0 saturated carbocycles. The second-order valence-electron chi connectivity index (χ2n) is 8.92. The largest absolute Gasteiger partial charge is 0.497 e. The molecule has 9 heteroatoms. The molecule has 0 fully saturated rings. The Morgan fingerprint density at radius 3 is 3.03 bits per heavy atom. The van der Waals surface area contributed by atoms with Crippen molar-refractivity contribution in [2.75, 3.05) is 20.3 Å². The number of Topliss-reactive ketones (excluding diaryl/α,β-unsaturated/α-hetero) is 1. The molecule has 0 spiro atoms. The minimum atomic E-state index is -0.424. The fourth-order valence-electron chi connectivity index (χ4n) is 4.44. The van der Waals surface area contributed by atoms with E-state index in [1.54, 1.807) is 31.0 Å². The van der Waals surface area contributed by atoms with E-state index >= 15 is 0 Å². The first-order valence-corrected chi connectivity index (χ1v) is 12.9. The first-order chi connectivity index (χ1) is 17.6. The van der Waals surface area contributed by atoms with Crippen LogP contribution in [0.3, 0.4) is 0 Å². The van der Waals surface area contributed by atoms with Crippen molar-refractivity contribution in [3.05, 3.63) is 69.4 Å². The summed E-state index contributed by atoms with van der Waals surface area (Å²) in [6.45, 7) is 1.44. The number of thiophene rings is 1. The van der Waals surface area contributed by atoms with Gasteiger partial charge in [0, 0.05) is 48.1 Å². The third-order valence-corrected chi connectivity index (χ3v) is 7.64. The number of ketones is 1. The number of hydrogen-bond donors (Lipinski definition) is 1. The molecular weight excluding hydrogens is 476 g/mol. The summed E-state index contributed by atoms with van der Waals surface area (Å²) in [6, 6.07) is 10.1. The Labute approximate surface area is 214 Å². The maximum Gasteiger partial charge on any atom is 0.407 e. The van der Waals surface area contributed by atoms with Crippen LogP contribution in [0.4, 0.5) is 4.79 Å². The number of nitrogens with one attached hydrogen (secondary N) is 1. The number of ether oxygens (including phenoxy) is 2. The highest BCUT2D eigenvalue weighted by molar-refractivity contribution is 7.12. The van der Waals surface area contributed by atoms with E-state index in [1.807, 2.05) is 35.0 Å². The van der Waals surface area contributed by atoms with Gasteiger partial charge in [0.1, 0.15) is 17.6 Å². The number of fused-ring (bicyclic) bond motifs is 1. The van der Waals surface area contributed by atoms with Gasteiger partial charge in [-0.2, -0.15) is 5.26 Å². The van der Waals surface area contributed by atoms with E-state index in [0.29, 0.717) is 38.1 Å². The smallest absolute Gasteiger partial charge is 0.407 e. The van der Waals surface area contributed by atoms with Crippen molar-refractivity contribution in [2.45, 2.75) is 45.1 Å². The molecule has 1 aromatic carbocycles. The average Bonchev–Trinajstić information content (AvgIpc) is 3.53. The summed E-state index contributed by atoms with van der Waals surface area (Å²) >= 11 is 1.56. The average molecular weight is 507 g/mol. The Kier molecular flexibility index (Phi) is 8.74. The number of amides is 1. The third-order valence-electron chi connectivity index (χ3n) is 6.39. The predicted octanol–water partition coefficient (Wildman–Crippen LogP) is 4.10. The third kappa shape index (κ3) is 6.73. The monoisotopic (exact) mass is 506 g/mol. The maximum atomic E-state index is 12.7. The van der Waals surface area contributed by atoms with E-state index in [2.05, 4.69) is 16.4 Å². The number of methoxy groups -OCH3 is 1. The Morgan fingerprint density at radius 2 is 2.25 bits per heavy atom. The van der Waals surface area contributed by atoms with Crippen molar-refractivity contribution >= 4 is 23.2 Å². The Morgan fingerprint density at radius 1 is 1.36 bits per heavy atom. The van der Waals surface area contributed by atoms with Crippen molar-refractivity contribution < 1.29 is 19.1 Å². The lowest BCUT2D eigenvalue weighted by molar-refractivity contribution is -0.118. The van der Waals surface area contributed by atoms with Crippen LogP contribution in [0.15, 0.2) is 43.0 Å². The van der Waals surface area contributed by atoms with Gasteiger partial charge in [-0.05, 0) is 54.9 Å². The molecule has 1 aliphatic carbocycles. The molecule has 2 aromatic heterocycles. The second-order valence-corrected chi connectivity index (χ2v) is 10.1. The van der Waals surface area contributed by atoms with Crippen LogP contribution in [0, 0.1) is 17.2 Å². The topological polar surface area (TPSA) is 106 Å². The first-order valence-electron chi connectivity index (χ1n) is 12.1. The Hall–Kier alpha value is -3.64. The van der Waals surface area contributed by atoms with Crippen LogP contribution in [0.5, 0.6) is 5.75 Å². The molecule has 2 heterocycles. The molecule has 1 unspecified atom stereocenters. The van der Waals surface area contributed by atoms with E-state index in [4.69, 9.17) is 9.47 Å². The van der Waals surface area contributed by atoms with Crippen molar-refractivity contribution in [1.29, 1.82) is 5.26 Å². The highest BCUT2D eigenvalue weighted by Gasteiger charge is 2.27. The van der Waals surface area contributed by atoms with Gasteiger partial charge >= 0.3 is 6.09 Å². The molecule has 8 nitrogen and oxygen atoms in total. The van der Waals surface area contributed by atoms with Crippen LogP contribution < -0.4 is 10.1 Å². The van der Waals surface area contributed by atoms with Crippen molar-refractivity contribution in [1.82, 2.24) is 14.9 Å². The summed E-state index contributed by atoms with van der Waals surface area (Å²) in [5, 5.41) is 12.5. The number of rotatable bonds is 11. The van der Waals surface area contributed by atoms with Gasteiger partial charge in [0.25, 0.3) is 0 Å². The van der Waals surface area contributed by atoms with E-state index in [-0.39, 0.29) is 18.1 Å². The van der Waals surface area contributed by atoms with Gasteiger partial charge in [-0.25, -0.2) is 9.78 Å². The second kappa shape index (κ2) is 12.4. The molecule has 0 aliphatic heterocycles. The van der Waals surface area contributed by atoms with Crippen LogP contribution in [0.1, 0.15) is 39.3 Å². The van der Waals surface area contributed by atoms with E-state index in [0.717, 1.165) is 45.9 Å². The number of nitrogens with zero attached hydrogens (tertiary/aromatic N) is 3. The lowest BCUT2D eigenvalue weighted by Crippen LogP contribution is -2.30. The summed E-state index contributed by atoms with van der Waals surface area (Å²) in [7, 11) is 1.63. The number of alkyl carbamates (subject to hydrolysis) is 1. The first kappa shape index (κ1) is 25.5. The maximum absolute atomic E-state index is 12.7. The van der Waals surface area contributed by atoms with Gasteiger partial charge in [0.2, 0.25) is 0 Å². The zero-order chi connectivity index (χ0) is 25.3. The van der Waals surface area contributed by atoms with Gasteiger partial charge in [-0.3, -0.25) is 4.79 Å². The molecule has 1 N–H and O–H groups in total. The molecule has 1 atom stereocenters. The van der Waals surface area contributed by atoms with Crippen LogP contribution in [0.2, 0.25) is 0 Å². The standard InChI is InChI=1S/C27H30N4O4S/c1-34-22-4-2-3-19(13-22)5-7-21(32)15-26-24(16-28)23-8-6-20(14-25(23)36-26)17-35-27(33)30-10-12-31-11-9-29-18-31/h2-4,9,11,13,18,20H,5-8,10,12,14-15,17H2,1H3,(H,30,33). The molecule has 4 rings (SSSR count). The number of hydrogen-bond acceptors (Lipinski definition) is 7. The number of aromatic nitrogens is 2. The predicted molar refractivity (Wildman–Crippen MR) is 136 cm³/mol. The number of imidazole rings is 1. The van der Waals surface area contributed by atoms with Crippen LogP contribution in [-0.2, 0) is 41.8 Å². The fraction of sp³-hybridized carbons (Fsp3) is 0.407. The minimum Gasteiger partial charge on any atom is -0.497 e. The van der Waals surface area contributed by atoms with E-state index in [9.17, 15) is 14.9 Å². The zero-order valence-corrected chi connectivity index (χ0v) is 21.2. The van der Waals surface area contributed by atoms with Gasteiger partial charge in [0.15, 0.2) is 0 Å². The quantitative estimate of drug-likeness (QED) is 0.420. The molecule has 0 bridgehead atoms. The fourth-order valence-corrected chi connectivity index (χ4v) is 5.89. The summed E-state index contributed by atoms with van der Waals surface area (Å²) in [6.07, 6.45) is 8.54. The molecule has 0 radical (unpaired) electrons. The number of nitriles is 1. The lowest BCUT2D eigenvalue weighted by atomic mass is 9.87. The number of benzene rings is 1. The summed E-state index contributed by atoms with van der Waals surface area (Å²) < 4.78 is 12.6. The Balaban J connectivity index is 1.26.